The van der Waals surface area contributed by atoms with Crippen LogP contribution in [0.4, 0.5) is 0 Å². The normalized spacial score (nSPS) is 27.0. The van der Waals surface area contributed by atoms with Crippen molar-refractivity contribution in [3.63, 3.8) is 0 Å². The second-order valence-corrected chi connectivity index (χ2v) is 4.79. The van der Waals surface area contributed by atoms with Crippen LogP contribution < -0.4 is 5.32 Å². The van der Waals surface area contributed by atoms with Gasteiger partial charge in [0.2, 0.25) is 11.8 Å². The molecule has 0 radical (unpaired) electrons. The van der Waals surface area contributed by atoms with Crippen LogP contribution in [0.5, 0.6) is 0 Å². The van der Waals surface area contributed by atoms with Gasteiger partial charge in [-0.15, -0.1) is 10.2 Å². The number of aromatic nitrogens is 2. The summed E-state index contributed by atoms with van der Waals surface area (Å²) in [5.41, 5.74) is 0. The van der Waals surface area contributed by atoms with Gasteiger partial charge in [-0.3, -0.25) is 0 Å². The summed E-state index contributed by atoms with van der Waals surface area (Å²) in [5.74, 6) is 4.50. The molecule has 0 saturated carbocycles. The zero-order chi connectivity index (χ0) is 9.97. The van der Waals surface area contributed by atoms with Crippen molar-refractivity contribution in [2.24, 2.45) is 5.92 Å². The van der Waals surface area contributed by atoms with Gasteiger partial charge in [0.05, 0.1) is 6.54 Å². The maximum absolute atomic E-state index is 5.29. The van der Waals surface area contributed by atoms with Crippen molar-refractivity contribution in [1.82, 2.24) is 15.5 Å². The lowest BCUT2D eigenvalue weighted by Gasteiger charge is -2.14. The molecule has 4 nitrogen and oxygen atoms in total. The average molecular weight is 213 g/mol. The van der Waals surface area contributed by atoms with Crippen LogP contribution in [0.2, 0.25) is 0 Å². The zero-order valence-corrected chi connectivity index (χ0v) is 9.30. The van der Waals surface area contributed by atoms with Gasteiger partial charge in [0.25, 0.3) is 0 Å². The van der Waals surface area contributed by atoms with E-state index in [9.17, 15) is 0 Å². The Morgan fingerprint density at radius 2 is 2.36 bits per heavy atom. The molecule has 1 aliphatic heterocycles. The van der Waals surface area contributed by atoms with E-state index in [-0.39, 0.29) is 0 Å². The maximum Gasteiger partial charge on any atom is 0.230 e. The topological polar surface area (TPSA) is 51.0 Å². The fourth-order valence-electron chi connectivity index (χ4n) is 1.55. The fourth-order valence-corrected chi connectivity index (χ4v) is 2.99. The van der Waals surface area contributed by atoms with Gasteiger partial charge in [0, 0.05) is 18.7 Å². The van der Waals surface area contributed by atoms with Crippen LogP contribution in [0.3, 0.4) is 0 Å². The molecule has 1 fully saturated rings. The van der Waals surface area contributed by atoms with Gasteiger partial charge >= 0.3 is 0 Å². The molecule has 1 aromatic rings. The number of aryl methyl sites for hydroxylation is 1. The van der Waals surface area contributed by atoms with Crippen LogP contribution in [0, 0.1) is 12.8 Å². The van der Waals surface area contributed by atoms with Crippen LogP contribution in [-0.4, -0.2) is 27.7 Å². The Morgan fingerprint density at radius 3 is 2.93 bits per heavy atom. The molecule has 1 aliphatic rings. The minimum atomic E-state index is 0.590. The molecule has 14 heavy (non-hydrogen) atoms. The molecule has 0 amide bonds. The van der Waals surface area contributed by atoms with Crippen molar-refractivity contribution < 1.29 is 4.42 Å². The molecule has 0 spiro atoms. The van der Waals surface area contributed by atoms with Crippen LogP contribution in [0.1, 0.15) is 18.7 Å². The molecule has 1 saturated heterocycles. The summed E-state index contributed by atoms with van der Waals surface area (Å²) in [6.45, 7) is 4.78. The molecule has 2 unspecified atom stereocenters. The Hall–Kier alpha value is -0.550. The molecule has 2 rings (SSSR count). The molecule has 78 valence electrons. The number of rotatable bonds is 3. The molecule has 2 atom stereocenters. The molecule has 1 N–H and O–H groups in total. The molecule has 1 aromatic heterocycles. The summed E-state index contributed by atoms with van der Waals surface area (Å²) in [6, 6.07) is 0.590. The van der Waals surface area contributed by atoms with E-state index in [4.69, 9.17) is 4.42 Å². The highest BCUT2D eigenvalue weighted by Gasteiger charge is 2.23. The van der Waals surface area contributed by atoms with E-state index in [1.807, 2.05) is 18.7 Å². The van der Waals surface area contributed by atoms with E-state index in [1.165, 1.54) is 11.5 Å². The van der Waals surface area contributed by atoms with Gasteiger partial charge in [-0.05, 0) is 11.7 Å². The summed E-state index contributed by atoms with van der Waals surface area (Å²) >= 11 is 2.00. The number of hydrogen-bond donors (Lipinski definition) is 1. The van der Waals surface area contributed by atoms with Crippen LogP contribution in [0.15, 0.2) is 4.42 Å². The maximum atomic E-state index is 5.29. The van der Waals surface area contributed by atoms with Crippen molar-refractivity contribution in [1.29, 1.82) is 0 Å². The lowest BCUT2D eigenvalue weighted by molar-refractivity contribution is 0.398. The van der Waals surface area contributed by atoms with Crippen molar-refractivity contribution in [3.05, 3.63) is 11.8 Å². The van der Waals surface area contributed by atoms with Crippen LogP contribution in [-0.2, 0) is 6.54 Å². The molecule has 0 bridgehead atoms. The third-order valence-electron chi connectivity index (χ3n) is 2.45. The van der Waals surface area contributed by atoms with E-state index in [2.05, 4.69) is 22.4 Å². The molecule has 2 heterocycles. The quantitative estimate of drug-likeness (QED) is 0.818. The third kappa shape index (κ3) is 2.27. The van der Waals surface area contributed by atoms with E-state index < -0.39 is 0 Å². The number of thioether (sulfide) groups is 1. The summed E-state index contributed by atoms with van der Waals surface area (Å²) < 4.78 is 5.29. The van der Waals surface area contributed by atoms with Crippen LogP contribution >= 0.6 is 11.8 Å². The number of nitrogens with zero attached hydrogens (tertiary/aromatic N) is 2. The lowest BCUT2D eigenvalue weighted by atomic mass is 10.1. The Morgan fingerprint density at radius 1 is 1.50 bits per heavy atom. The van der Waals surface area contributed by atoms with Crippen LogP contribution in [0.25, 0.3) is 0 Å². The lowest BCUT2D eigenvalue weighted by Crippen LogP contribution is -2.33. The molecule has 0 aliphatic carbocycles. The predicted octanol–water partition coefficient (Wildman–Crippen LogP) is 1.22. The third-order valence-corrected chi connectivity index (χ3v) is 3.80. The summed E-state index contributed by atoms with van der Waals surface area (Å²) in [5, 5.41) is 11.2. The van der Waals surface area contributed by atoms with Crippen molar-refractivity contribution in [2.75, 3.05) is 11.5 Å². The highest BCUT2D eigenvalue weighted by Crippen LogP contribution is 2.23. The Bertz CT molecular complexity index is 302. The second kappa shape index (κ2) is 4.31. The van der Waals surface area contributed by atoms with E-state index in [0.29, 0.717) is 24.4 Å². The molecular weight excluding hydrogens is 198 g/mol. The minimum Gasteiger partial charge on any atom is -0.424 e. The van der Waals surface area contributed by atoms with E-state index in [0.717, 1.165) is 5.92 Å². The largest absolute Gasteiger partial charge is 0.424 e. The zero-order valence-electron chi connectivity index (χ0n) is 8.49. The molecule has 0 aromatic carbocycles. The van der Waals surface area contributed by atoms with Crippen molar-refractivity contribution >= 4 is 11.8 Å². The highest BCUT2D eigenvalue weighted by molar-refractivity contribution is 7.99. The second-order valence-electron chi connectivity index (χ2n) is 3.72. The first-order valence-corrected chi connectivity index (χ1v) is 6.01. The van der Waals surface area contributed by atoms with Gasteiger partial charge in [-0.2, -0.15) is 11.8 Å². The molecular formula is C9H15N3OS. The van der Waals surface area contributed by atoms with E-state index >= 15 is 0 Å². The number of hydrogen-bond acceptors (Lipinski definition) is 5. The van der Waals surface area contributed by atoms with Gasteiger partial charge in [-0.1, -0.05) is 6.92 Å². The predicted molar refractivity (Wildman–Crippen MR) is 56.2 cm³/mol. The first-order chi connectivity index (χ1) is 6.75. The monoisotopic (exact) mass is 213 g/mol. The average Bonchev–Trinajstić information content (AvgIpc) is 2.72. The molecule has 5 heteroatoms. The van der Waals surface area contributed by atoms with Crippen molar-refractivity contribution in [2.45, 2.75) is 26.4 Å². The SMILES string of the molecule is Cc1nnc(CNC2CSCC2C)o1. The van der Waals surface area contributed by atoms with Gasteiger partial charge in [0.15, 0.2) is 0 Å². The smallest absolute Gasteiger partial charge is 0.230 e. The summed E-state index contributed by atoms with van der Waals surface area (Å²) in [4.78, 5) is 0. The van der Waals surface area contributed by atoms with Gasteiger partial charge < -0.3 is 9.73 Å². The first kappa shape index (κ1) is 9.98. The van der Waals surface area contributed by atoms with Gasteiger partial charge in [0.1, 0.15) is 0 Å². The Labute approximate surface area is 87.9 Å². The fraction of sp³-hybridized carbons (Fsp3) is 0.778. The highest BCUT2D eigenvalue weighted by atomic mass is 32.2. The first-order valence-electron chi connectivity index (χ1n) is 4.86. The van der Waals surface area contributed by atoms with Gasteiger partial charge in [-0.25, -0.2) is 0 Å². The Balaban J connectivity index is 1.82. The van der Waals surface area contributed by atoms with Crippen molar-refractivity contribution in [3.8, 4) is 0 Å². The minimum absolute atomic E-state index is 0.590. The standard InChI is InChI=1S/C9H15N3OS/c1-6-4-14-5-8(6)10-3-9-12-11-7(2)13-9/h6,8,10H,3-5H2,1-2H3. The van der Waals surface area contributed by atoms with E-state index in [1.54, 1.807) is 0 Å². The summed E-state index contributed by atoms with van der Waals surface area (Å²) in [7, 11) is 0. The summed E-state index contributed by atoms with van der Waals surface area (Å²) in [6.07, 6.45) is 0. The number of nitrogens with one attached hydrogen (secondary N) is 1. The Kier molecular flexibility index (Phi) is 3.08.